The molecule has 15 heavy (non-hydrogen) atoms. The van der Waals surface area contributed by atoms with Crippen molar-refractivity contribution >= 4 is 28.4 Å². The van der Waals surface area contributed by atoms with Crippen molar-refractivity contribution in [3.63, 3.8) is 0 Å². The quantitative estimate of drug-likeness (QED) is 0.536. The molecule has 0 aromatic heterocycles. The van der Waals surface area contributed by atoms with Gasteiger partial charge >= 0.3 is 17.4 Å². The molecule has 0 spiro atoms. The summed E-state index contributed by atoms with van der Waals surface area (Å²) >= 11 is 2.70. The topological polar surface area (TPSA) is 9.23 Å². The van der Waals surface area contributed by atoms with E-state index in [1.165, 1.54) is 0 Å². The lowest BCUT2D eigenvalue weighted by Crippen LogP contribution is -2.51. The molecule has 0 unspecified atom stereocenters. The molecule has 90 valence electrons. The van der Waals surface area contributed by atoms with Gasteiger partial charge < -0.3 is 4.74 Å². The van der Waals surface area contributed by atoms with Crippen LogP contribution in [0.15, 0.2) is 0 Å². The first-order valence-electron chi connectivity index (χ1n) is 3.05. The van der Waals surface area contributed by atoms with Crippen molar-refractivity contribution in [3.05, 3.63) is 0 Å². The molecular weight excluding hydrogens is 273 g/mol. The van der Waals surface area contributed by atoms with Crippen molar-refractivity contribution in [3.8, 4) is 0 Å². The summed E-state index contributed by atoms with van der Waals surface area (Å²) in [6.07, 6.45) is -12.3. The van der Waals surface area contributed by atoms with Crippen LogP contribution in [0.4, 0.5) is 30.7 Å². The molecule has 0 aliphatic heterocycles. The van der Waals surface area contributed by atoms with Crippen molar-refractivity contribution < 1.29 is 35.5 Å². The van der Waals surface area contributed by atoms with Crippen LogP contribution in [0.25, 0.3) is 0 Å². The van der Waals surface area contributed by atoms with Crippen molar-refractivity contribution in [2.45, 2.75) is 17.4 Å². The first-order valence-corrected chi connectivity index (χ1v) is 4.27. The Labute approximate surface area is 89.0 Å². The lowest BCUT2D eigenvalue weighted by Gasteiger charge is -2.28. The van der Waals surface area contributed by atoms with E-state index in [-0.39, 0.29) is 0 Å². The number of halogens is 7. The van der Waals surface area contributed by atoms with E-state index in [0.29, 0.717) is 0 Å². The van der Waals surface area contributed by atoms with Gasteiger partial charge in [-0.05, 0) is 24.0 Å². The van der Waals surface area contributed by atoms with Crippen molar-refractivity contribution in [1.82, 2.24) is 0 Å². The molecule has 0 aliphatic carbocycles. The maximum atomic E-state index is 12.8. The maximum absolute atomic E-state index is 12.8. The Morgan fingerprint density at radius 2 is 1.33 bits per heavy atom. The van der Waals surface area contributed by atoms with E-state index in [4.69, 9.17) is 0 Å². The van der Waals surface area contributed by atoms with Gasteiger partial charge in [0.05, 0.1) is 7.11 Å². The van der Waals surface area contributed by atoms with Gasteiger partial charge in [0.2, 0.25) is 4.38 Å². The van der Waals surface area contributed by atoms with Crippen LogP contribution in [0, 0.1) is 0 Å². The molecule has 0 aliphatic rings. The first-order chi connectivity index (χ1) is 6.45. The predicted molar refractivity (Wildman–Crippen MR) is 43.1 cm³/mol. The summed E-state index contributed by atoms with van der Waals surface area (Å²) in [5.74, 6) is 0. The Kier molecular flexibility index (Phi) is 4.25. The van der Waals surface area contributed by atoms with Gasteiger partial charge in [-0.25, -0.2) is 4.39 Å². The van der Waals surface area contributed by atoms with Gasteiger partial charge in [0.15, 0.2) is 0 Å². The summed E-state index contributed by atoms with van der Waals surface area (Å²) in [5.41, 5.74) is 0. The third-order valence-electron chi connectivity index (χ3n) is 1.12. The number of hydrogen-bond acceptors (Lipinski definition) is 3. The number of rotatable bonds is 1. The van der Waals surface area contributed by atoms with E-state index in [9.17, 15) is 30.7 Å². The van der Waals surface area contributed by atoms with Crippen LogP contribution >= 0.6 is 24.0 Å². The Hall–Kier alpha value is -0.250. The van der Waals surface area contributed by atoms with Gasteiger partial charge in [0.1, 0.15) is 0 Å². The molecule has 0 saturated carbocycles. The number of methoxy groups -OCH3 is 1. The molecule has 0 amide bonds. The lowest BCUT2D eigenvalue weighted by molar-refractivity contribution is -0.302. The molecule has 0 rings (SSSR count). The zero-order chi connectivity index (χ0) is 12.5. The lowest BCUT2D eigenvalue weighted by atomic mass is 10.3. The Bertz CT molecular complexity index is 231. The zero-order valence-electron chi connectivity index (χ0n) is 6.87. The average molecular weight is 276 g/mol. The van der Waals surface area contributed by atoms with Gasteiger partial charge in [-0.3, -0.25) is 0 Å². The number of ether oxygens (including phenoxy) is 1. The van der Waals surface area contributed by atoms with E-state index in [1.54, 1.807) is 0 Å². The highest BCUT2D eigenvalue weighted by atomic mass is 32.2. The minimum absolute atomic E-state index is 0.739. The van der Waals surface area contributed by atoms with E-state index >= 15 is 0 Å². The van der Waals surface area contributed by atoms with E-state index in [0.717, 1.165) is 7.11 Å². The van der Waals surface area contributed by atoms with Crippen LogP contribution in [-0.2, 0) is 4.74 Å². The predicted octanol–water partition coefficient (Wildman–Crippen LogP) is 3.44. The fourth-order valence-corrected chi connectivity index (χ4v) is 1.32. The summed E-state index contributed by atoms with van der Waals surface area (Å²) < 4.78 is 86.7. The minimum Gasteiger partial charge on any atom is -0.482 e. The molecule has 0 N–H and O–H groups in total. The number of thiocarbonyl (C=S) groups is 1. The zero-order valence-corrected chi connectivity index (χ0v) is 8.50. The fourth-order valence-electron chi connectivity index (χ4n) is 0.433. The smallest absolute Gasteiger partial charge is 0.442 e. The van der Waals surface area contributed by atoms with E-state index in [1.807, 2.05) is 0 Å². The van der Waals surface area contributed by atoms with Gasteiger partial charge in [-0.1, -0.05) is 0 Å². The molecule has 0 aromatic carbocycles. The van der Waals surface area contributed by atoms with Gasteiger partial charge in [0.25, 0.3) is 0 Å². The summed E-state index contributed by atoms with van der Waals surface area (Å²) in [4.78, 5) is 0. The standard InChI is InChI=1S/C5H3F7OS2/c1-13-2(14)15-3(6,4(7,8)9)5(10,11)12/h1H3. The van der Waals surface area contributed by atoms with E-state index < -0.39 is 33.5 Å². The maximum Gasteiger partial charge on any atom is 0.442 e. The van der Waals surface area contributed by atoms with Crippen molar-refractivity contribution in [2.75, 3.05) is 7.11 Å². The highest BCUT2D eigenvalue weighted by molar-refractivity contribution is 8.23. The van der Waals surface area contributed by atoms with Gasteiger partial charge in [-0.15, -0.1) is 0 Å². The second kappa shape index (κ2) is 4.32. The van der Waals surface area contributed by atoms with Crippen LogP contribution in [0.2, 0.25) is 0 Å². The number of alkyl halides is 7. The Morgan fingerprint density at radius 1 is 1.00 bits per heavy atom. The summed E-state index contributed by atoms with van der Waals surface area (Å²) in [5, 5.41) is -5.45. The highest BCUT2D eigenvalue weighted by Gasteiger charge is 2.74. The number of hydrogen-bond donors (Lipinski definition) is 0. The van der Waals surface area contributed by atoms with Crippen LogP contribution in [-0.4, -0.2) is 28.8 Å². The Morgan fingerprint density at radius 3 is 1.53 bits per heavy atom. The second-order valence-corrected chi connectivity index (χ2v) is 3.91. The van der Waals surface area contributed by atoms with Crippen LogP contribution < -0.4 is 0 Å². The first kappa shape index (κ1) is 14.8. The monoisotopic (exact) mass is 276 g/mol. The van der Waals surface area contributed by atoms with Gasteiger partial charge in [0, 0.05) is 0 Å². The largest absolute Gasteiger partial charge is 0.482 e. The molecule has 0 heterocycles. The molecule has 0 radical (unpaired) electrons. The third kappa shape index (κ3) is 3.10. The minimum atomic E-state index is -6.13. The van der Waals surface area contributed by atoms with Crippen LogP contribution in [0.5, 0.6) is 0 Å². The molecule has 0 bridgehead atoms. The van der Waals surface area contributed by atoms with Gasteiger partial charge in [-0.2, -0.15) is 26.3 Å². The fraction of sp³-hybridized carbons (Fsp3) is 0.800. The summed E-state index contributed by atoms with van der Waals surface area (Å²) in [7, 11) is 0.739. The van der Waals surface area contributed by atoms with E-state index in [2.05, 4.69) is 17.0 Å². The highest BCUT2D eigenvalue weighted by Crippen LogP contribution is 2.53. The molecule has 0 fully saturated rings. The molecule has 0 saturated heterocycles. The number of thioether (sulfide) groups is 1. The molecule has 0 aromatic rings. The average Bonchev–Trinajstić information content (AvgIpc) is 1.99. The second-order valence-electron chi connectivity index (χ2n) is 2.15. The van der Waals surface area contributed by atoms with Crippen LogP contribution in [0.1, 0.15) is 0 Å². The van der Waals surface area contributed by atoms with Crippen molar-refractivity contribution in [2.24, 2.45) is 0 Å². The van der Waals surface area contributed by atoms with Crippen molar-refractivity contribution in [1.29, 1.82) is 0 Å². The summed E-state index contributed by atoms with van der Waals surface area (Å²) in [6, 6.07) is 0. The molecular formula is C5H3F7OS2. The SMILES string of the molecule is COC(=S)SC(F)(C(F)(F)F)C(F)(F)F. The third-order valence-corrected chi connectivity index (χ3v) is 2.61. The van der Waals surface area contributed by atoms with Crippen LogP contribution in [0.3, 0.4) is 0 Å². The summed E-state index contributed by atoms with van der Waals surface area (Å²) in [6.45, 7) is 0. The molecule has 1 nitrogen and oxygen atoms in total. The Balaban J connectivity index is 5.15. The molecule has 10 heteroatoms. The normalized spacial score (nSPS) is 13.9. The molecule has 0 atom stereocenters.